The van der Waals surface area contributed by atoms with Crippen molar-refractivity contribution in [3.8, 4) is 0 Å². The molecule has 1 N–H and O–H groups in total. The van der Waals surface area contributed by atoms with E-state index in [2.05, 4.69) is 39.3 Å². The SMILES string of the molecule is CN1CCN(c2ccc(CNC(=O)N3CCC4(CCOC4)C3)cn2)CC1. The number of amides is 2. The lowest BCUT2D eigenvalue weighted by atomic mass is 9.87. The van der Waals surface area contributed by atoms with E-state index in [1.165, 1.54) is 0 Å². The number of nitrogens with one attached hydrogen (secondary N) is 1. The number of hydrogen-bond donors (Lipinski definition) is 1. The average molecular weight is 359 g/mol. The number of likely N-dealkylation sites (tertiary alicyclic amines) is 1. The second-order valence-electron chi connectivity index (χ2n) is 7.95. The highest BCUT2D eigenvalue weighted by molar-refractivity contribution is 5.74. The summed E-state index contributed by atoms with van der Waals surface area (Å²) in [4.78, 5) is 23.6. The monoisotopic (exact) mass is 359 g/mol. The van der Waals surface area contributed by atoms with Gasteiger partial charge in [-0.2, -0.15) is 0 Å². The molecule has 2 amide bonds. The Morgan fingerprint density at radius 3 is 2.77 bits per heavy atom. The molecular formula is C19H29N5O2. The maximum Gasteiger partial charge on any atom is 0.317 e. The summed E-state index contributed by atoms with van der Waals surface area (Å²) in [5.41, 5.74) is 1.25. The minimum atomic E-state index is 0.0249. The van der Waals surface area contributed by atoms with E-state index in [4.69, 9.17) is 4.74 Å². The Hall–Kier alpha value is -1.86. The number of piperazine rings is 1. The van der Waals surface area contributed by atoms with Gasteiger partial charge < -0.3 is 24.8 Å². The largest absolute Gasteiger partial charge is 0.381 e. The molecule has 1 unspecified atom stereocenters. The van der Waals surface area contributed by atoms with Gasteiger partial charge in [0.1, 0.15) is 5.82 Å². The normalized spacial score (nSPS) is 26.7. The van der Waals surface area contributed by atoms with Crippen molar-refractivity contribution in [1.82, 2.24) is 20.1 Å². The molecule has 0 bridgehead atoms. The van der Waals surface area contributed by atoms with Crippen molar-refractivity contribution >= 4 is 11.8 Å². The van der Waals surface area contributed by atoms with Gasteiger partial charge in [0.2, 0.25) is 0 Å². The molecule has 3 saturated heterocycles. The number of hydrogen-bond acceptors (Lipinski definition) is 5. The fraction of sp³-hybridized carbons (Fsp3) is 0.684. The summed E-state index contributed by atoms with van der Waals surface area (Å²) in [6.07, 6.45) is 4.01. The van der Waals surface area contributed by atoms with Gasteiger partial charge in [0.05, 0.1) is 6.61 Å². The van der Waals surface area contributed by atoms with Crippen LogP contribution in [0.2, 0.25) is 0 Å². The van der Waals surface area contributed by atoms with Crippen molar-refractivity contribution < 1.29 is 9.53 Å². The number of nitrogens with zero attached hydrogens (tertiary/aromatic N) is 4. The molecule has 3 aliphatic rings. The number of carbonyl (C=O) groups excluding carboxylic acids is 1. The first kappa shape index (κ1) is 17.5. The Morgan fingerprint density at radius 1 is 1.23 bits per heavy atom. The van der Waals surface area contributed by atoms with Gasteiger partial charge >= 0.3 is 6.03 Å². The van der Waals surface area contributed by atoms with Crippen LogP contribution in [-0.4, -0.2) is 80.3 Å². The van der Waals surface area contributed by atoms with Crippen molar-refractivity contribution in [3.05, 3.63) is 23.9 Å². The molecule has 0 aromatic carbocycles. The van der Waals surface area contributed by atoms with E-state index in [0.717, 1.165) is 76.7 Å². The lowest BCUT2D eigenvalue weighted by Gasteiger charge is -2.33. The molecule has 1 atom stereocenters. The minimum absolute atomic E-state index is 0.0249. The van der Waals surface area contributed by atoms with E-state index in [0.29, 0.717) is 6.54 Å². The Kier molecular flexibility index (Phi) is 5.00. The summed E-state index contributed by atoms with van der Waals surface area (Å²) < 4.78 is 5.53. The molecule has 0 aliphatic carbocycles. The number of likely N-dealkylation sites (N-methyl/N-ethyl adjacent to an activating group) is 1. The predicted octanol–water partition coefficient (Wildman–Crippen LogP) is 1.16. The third-order valence-corrected chi connectivity index (χ3v) is 5.99. The summed E-state index contributed by atoms with van der Waals surface area (Å²) in [6.45, 7) is 7.98. The summed E-state index contributed by atoms with van der Waals surface area (Å²) >= 11 is 0. The van der Waals surface area contributed by atoms with E-state index < -0.39 is 0 Å². The van der Waals surface area contributed by atoms with Gasteiger partial charge in [-0.05, 0) is 31.5 Å². The number of rotatable bonds is 3. The second-order valence-corrected chi connectivity index (χ2v) is 7.95. The molecule has 0 saturated carbocycles. The average Bonchev–Trinajstić information content (AvgIpc) is 3.31. The quantitative estimate of drug-likeness (QED) is 0.877. The Bertz CT molecular complexity index is 621. The van der Waals surface area contributed by atoms with Crippen LogP contribution in [0.1, 0.15) is 18.4 Å². The first-order valence-corrected chi connectivity index (χ1v) is 9.63. The van der Waals surface area contributed by atoms with E-state index in [1.54, 1.807) is 0 Å². The predicted molar refractivity (Wildman–Crippen MR) is 100 cm³/mol. The van der Waals surface area contributed by atoms with Crippen LogP contribution in [0.3, 0.4) is 0 Å². The lowest BCUT2D eigenvalue weighted by Crippen LogP contribution is -2.44. The first-order chi connectivity index (χ1) is 12.6. The summed E-state index contributed by atoms with van der Waals surface area (Å²) in [7, 11) is 2.15. The van der Waals surface area contributed by atoms with Crippen LogP contribution in [-0.2, 0) is 11.3 Å². The minimum Gasteiger partial charge on any atom is -0.381 e. The molecule has 26 heavy (non-hydrogen) atoms. The molecule has 7 nitrogen and oxygen atoms in total. The molecule has 1 aromatic rings. The smallest absolute Gasteiger partial charge is 0.317 e. The maximum atomic E-state index is 12.4. The number of urea groups is 1. The number of carbonyl (C=O) groups is 1. The molecule has 4 rings (SSSR count). The zero-order valence-corrected chi connectivity index (χ0v) is 15.6. The lowest BCUT2D eigenvalue weighted by molar-refractivity contribution is 0.152. The Morgan fingerprint density at radius 2 is 2.08 bits per heavy atom. The second kappa shape index (κ2) is 7.40. The van der Waals surface area contributed by atoms with E-state index in [1.807, 2.05) is 11.1 Å². The fourth-order valence-corrected chi connectivity index (χ4v) is 4.11. The molecule has 142 valence electrons. The van der Waals surface area contributed by atoms with E-state index >= 15 is 0 Å². The standard InChI is InChI=1S/C19H29N5O2/c1-22-7-9-23(10-8-22)17-3-2-16(12-20-17)13-21-18(25)24-6-4-19(14-24)5-11-26-15-19/h2-3,12H,4-11,13-15H2,1H3,(H,21,25). The van der Waals surface area contributed by atoms with Crippen LogP contribution in [0.5, 0.6) is 0 Å². The van der Waals surface area contributed by atoms with Gasteiger partial charge in [0, 0.05) is 64.0 Å². The highest BCUT2D eigenvalue weighted by Crippen LogP contribution is 2.38. The third kappa shape index (κ3) is 3.78. The van der Waals surface area contributed by atoms with Crippen molar-refractivity contribution in [3.63, 3.8) is 0 Å². The van der Waals surface area contributed by atoms with Crippen molar-refractivity contribution in [2.45, 2.75) is 19.4 Å². The van der Waals surface area contributed by atoms with Crippen LogP contribution in [0.4, 0.5) is 10.6 Å². The van der Waals surface area contributed by atoms with Crippen LogP contribution in [0, 0.1) is 5.41 Å². The van der Waals surface area contributed by atoms with Gasteiger partial charge in [0.25, 0.3) is 0 Å². The Labute approximate surface area is 155 Å². The van der Waals surface area contributed by atoms with Crippen LogP contribution >= 0.6 is 0 Å². The van der Waals surface area contributed by atoms with Crippen molar-refractivity contribution in [1.29, 1.82) is 0 Å². The molecule has 7 heteroatoms. The molecule has 1 spiro atoms. The van der Waals surface area contributed by atoms with E-state index in [9.17, 15) is 4.79 Å². The summed E-state index contributed by atoms with van der Waals surface area (Å²) in [5, 5.41) is 3.04. The molecule has 4 heterocycles. The van der Waals surface area contributed by atoms with Gasteiger partial charge in [-0.1, -0.05) is 6.07 Å². The number of pyridine rings is 1. The summed E-state index contributed by atoms with van der Waals surface area (Å²) in [6, 6.07) is 4.15. The molecule has 1 aromatic heterocycles. The van der Waals surface area contributed by atoms with Crippen LogP contribution < -0.4 is 10.2 Å². The molecule has 3 fully saturated rings. The Balaban J connectivity index is 1.26. The maximum absolute atomic E-state index is 12.4. The molecule has 0 radical (unpaired) electrons. The molecular weight excluding hydrogens is 330 g/mol. The van der Waals surface area contributed by atoms with E-state index in [-0.39, 0.29) is 11.4 Å². The van der Waals surface area contributed by atoms with Crippen LogP contribution in [0.15, 0.2) is 18.3 Å². The van der Waals surface area contributed by atoms with Gasteiger partial charge in [-0.25, -0.2) is 9.78 Å². The highest BCUT2D eigenvalue weighted by Gasteiger charge is 2.42. The molecule has 3 aliphatic heterocycles. The van der Waals surface area contributed by atoms with Gasteiger partial charge in [-0.15, -0.1) is 0 Å². The fourth-order valence-electron chi connectivity index (χ4n) is 4.11. The third-order valence-electron chi connectivity index (χ3n) is 5.99. The first-order valence-electron chi connectivity index (χ1n) is 9.63. The number of ether oxygens (including phenoxy) is 1. The van der Waals surface area contributed by atoms with Crippen molar-refractivity contribution in [2.24, 2.45) is 5.41 Å². The van der Waals surface area contributed by atoms with Gasteiger partial charge in [-0.3, -0.25) is 0 Å². The number of aromatic nitrogens is 1. The number of anilines is 1. The van der Waals surface area contributed by atoms with Gasteiger partial charge in [0.15, 0.2) is 0 Å². The topological polar surface area (TPSA) is 60.9 Å². The van der Waals surface area contributed by atoms with Crippen molar-refractivity contribution in [2.75, 3.05) is 64.4 Å². The van der Waals surface area contributed by atoms with Crippen LogP contribution in [0.25, 0.3) is 0 Å². The zero-order chi connectivity index (χ0) is 18.0. The summed E-state index contributed by atoms with van der Waals surface area (Å²) in [5.74, 6) is 1.02. The zero-order valence-electron chi connectivity index (χ0n) is 15.6. The highest BCUT2D eigenvalue weighted by atomic mass is 16.5.